The molecule has 1 saturated heterocycles. The zero-order valence-corrected chi connectivity index (χ0v) is 12.1. The van der Waals surface area contributed by atoms with Gasteiger partial charge in [-0.25, -0.2) is 5.43 Å². The molecular weight excluding hydrogens is 230 g/mol. The van der Waals surface area contributed by atoms with E-state index in [1.54, 1.807) is 0 Å². The second-order valence-electron chi connectivity index (χ2n) is 6.16. The second-order valence-corrected chi connectivity index (χ2v) is 6.55. The normalized spacial score (nSPS) is 33.5. The van der Waals surface area contributed by atoms with Gasteiger partial charge in [0.2, 0.25) is 0 Å². The third-order valence-corrected chi connectivity index (χ3v) is 4.19. The van der Waals surface area contributed by atoms with E-state index in [-0.39, 0.29) is 5.66 Å². The molecule has 2 N–H and O–H groups in total. The van der Waals surface area contributed by atoms with Crippen LogP contribution >= 0.6 is 12.2 Å². The first-order valence-electron chi connectivity index (χ1n) is 6.88. The zero-order valence-electron chi connectivity index (χ0n) is 11.3. The number of nitrogens with zero attached hydrogens (tertiary/aromatic N) is 1. The first kappa shape index (κ1) is 13.1. The summed E-state index contributed by atoms with van der Waals surface area (Å²) < 4.78 is 0. The zero-order chi connectivity index (χ0) is 12.5. The van der Waals surface area contributed by atoms with Crippen molar-refractivity contribution >= 4 is 17.3 Å². The maximum Gasteiger partial charge on any atom is 0.185 e. The van der Waals surface area contributed by atoms with Crippen molar-refractivity contribution in [3.63, 3.8) is 0 Å². The Bertz CT molecular complexity index is 292. The molecule has 0 bridgehead atoms. The molecule has 0 unspecified atom stereocenters. The molecule has 2 rings (SSSR count). The van der Waals surface area contributed by atoms with E-state index in [0.717, 1.165) is 23.5 Å². The molecule has 98 valence electrons. The Labute approximate surface area is 110 Å². The van der Waals surface area contributed by atoms with E-state index < -0.39 is 0 Å². The van der Waals surface area contributed by atoms with Gasteiger partial charge in [0.1, 0.15) is 5.66 Å². The highest BCUT2D eigenvalue weighted by molar-refractivity contribution is 7.80. The predicted molar refractivity (Wildman–Crippen MR) is 75.4 cm³/mol. The van der Waals surface area contributed by atoms with E-state index in [2.05, 4.69) is 36.5 Å². The summed E-state index contributed by atoms with van der Waals surface area (Å²) in [6.45, 7) is 7.86. The molecule has 17 heavy (non-hydrogen) atoms. The summed E-state index contributed by atoms with van der Waals surface area (Å²) >= 11 is 5.44. The maximum absolute atomic E-state index is 5.44. The van der Waals surface area contributed by atoms with Gasteiger partial charge >= 0.3 is 0 Å². The van der Waals surface area contributed by atoms with Crippen LogP contribution in [0.1, 0.15) is 52.9 Å². The van der Waals surface area contributed by atoms with Crippen molar-refractivity contribution in [1.29, 1.82) is 0 Å². The smallest absolute Gasteiger partial charge is 0.185 e. The Kier molecular flexibility index (Phi) is 3.93. The van der Waals surface area contributed by atoms with Gasteiger partial charge in [0.15, 0.2) is 5.11 Å². The number of nitrogens with one attached hydrogen (secondary N) is 2. The SMILES string of the molecule is CC(C)CCN1N[C@@]2(CCC[C@@H](C)C2)NC1=S. The summed E-state index contributed by atoms with van der Waals surface area (Å²) in [7, 11) is 0. The van der Waals surface area contributed by atoms with Gasteiger partial charge in [-0.15, -0.1) is 0 Å². The average Bonchev–Trinajstić information content (AvgIpc) is 2.51. The molecule has 2 atom stereocenters. The highest BCUT2D eigenvalue weighted by Crippen LogP contribution is 2.33. The largest absolute Gasteiger partial charge is 0.342 e. The molecule has 2 fully saturated rings. The fraction of sp³-hybridized carbons (Fsp3) is 0.923. The minimum atomic E-state index is 0.0612. The lowest BCUT2D eigenvalue weighted by atomic mass is 9.83. The van der Waals surface area contributed by atoms with Gasteiger partial charge in [0.25, 0.3) is 0 Å². The maximum atomic E-state index is 5.44. The summed E-state index contributed by atoms with van der Waals surface area (Å²) in [6, 6.07) is 0. The fourth-order valence-corrected chi connectivity index (χ4v) is 3.25. The molecule has 0 aromatic rings. The number of hydrazine groups is 1. The molecule has 3 nitrogen and oxygen atoms in total. The van der Waals surface area contributed by atoms with Crippen LogP contribution in [0.3, 0.4) is 0 Å². The van der Waals surface area contributed by atoms with Crippen LogP contribution < -0.4 is 10.7 Å². The van der Waals surface area contributed by atoms with E-state index in [4.69, 9.17) is 12.2 Å². The summed E-state index contributed by atoms with van der Waals surface area (Å²) in [5.74, 6) is 1.51. The third kappa shape index (κ3) is 3.10. The van der Waals surface area contributed by atoms with Crippen molar-refractivity contribution in [2.24, 2.45) is 11.8 Å². The molecule has 1 aliphatic carbocycles. The lowest BCUT2D eigenvalue weighted by Gasteiger charge is -2.36. The fourth-order valence-electron chi connectivity index (χ4n) is 2.92. The van der Waals surface area contributed by atoms with Crippen LogP contribution in [0.4, 0.5) is 0 Å². The number of thiocarbonyl (C=S) groups is 1. The summed E-state index contributed by atoms with van der Waals surface area (Å²) in [5.41, 5.74) is 3.68. The van der Waals surface area contributed by atoms with Crippen LogP contribution in [0.5, 0.6) is 0 Å². The van der Waals surface area contributed by atoms with Crippen LogP contribution in [0.2, 0.25) is 0 Å². The van der Waals surface area contributed by atoms with E-state index in [0.29, 0.717) is 0 Å². The first-order chi connectivity index (χ1) is 8.01. The third-order valence-electron chi connectivity index (χ3n) is 3.87. The first-order valence-corrected chi connectivity index (χ1v) is 7.29. The molecule has 1 aliphatic heterocycles. The van der Waals surface area contributed by atoms with Crippen LogP contribution in [-0.4, -0.2) is 22.3 Å². The summed E-state index contributed by atoms with van der Waals surface area (Å²) in [6.07, 6.45) is 6.20. The van der Waals surface area contributed by atoms with Crippen LogP contribution in [-0.2, 0) is 0 Å². The van der Waals surface area contributed by atoms with Gasteiger partial charge in [-0.3, -0.25) is 5.01 Å². The molecule has 2 aliphatic rings. The van der Waals surface area contributed by atoms with E-state index in [1.807, 2.05) is 0 Å². The lowest BCUT2D eigenvalue weighted by Crippen LogP contribution is -2.53. The molecule has 0 radical (unpaired) electrons. The molecule has 0 aromatic heterocycles. The Morgan fingerprint density at radius 3 is 2.94 bits per heavy atom. The second kappa shape index (κ2) is 5.11. The average molecular weight is 255 g/mol. The Balaban J connectivity index is 1.93. The minimum Gasteiger partial charge on any atom is -0.342 e. The minimum absolute atomic E-state index is 0.0612. The van der Waals surface area contributed by atoms with Crippen LogP contribution in [0.25, 0.3) is 0 Å². The molecule has 4 heteroatoms. The van der Waals surface area contributed by atoms with E-state index in [9.17, 15) is 0 Å². The van der Waals surface area contributed by atoms with Gasteiger partial charge in [-0.2, -0.15) is 0 Å². The van der Waals surface area contributed by atoms with Crippen molar-refractivity contribution < 1.29 is 0 Å². The molecule has 1 spiro atoms. The number of rotatable bonds is 3. The summed E-state index contributed by atoms with van der Waals surface area (Å²) in [4.78, 5) is 0. The van der Waals surface area contributed by atoms with Gasteiger partial charge in [0.05, 0.1) is 0 Å². The summed E-state index contributed by atoms with van der Waals surface area (Å²) in [5, 5.41) is 6.55. The van der Waals surface area contributed by atoms with Crippen molar-refractivity contribution in [2.45, 2.75) is 58.5 Å². The standard InChI is InChI=1S/C13H25N3S/c1-10(2)6-8-16-12(17)14-13(15-16)7-4-5-11(3)9-13/h10-11,15H,4-9H2,1-3H3,(H,14,17)/t11-,13-/m1/s1. The van der Waals surface area contributed by atoms with Gasteiger partial charge in [-0.05, 0) is 49.7 Å². The Hall–Kier alpha value is -0.350. The van der Waals surface area contributed by atoms with Gasteiger partial charge in [0, 0.05) is 6.54 Å². The molecule has 1 heterocycles. The molecular formula is C13H25N3S. The van der Waals surface area contributed by atoms with E-state index >= 15 is 0 Å². The number of hydrogen-bond donors (Lipinski definition) is 2. The Morgan fingerprint density at radius 2 is 2.29 bits per heavy atom. The van der Waals surface area contributed by atoms with E-state index in [1.165, 1.54) is 32.1 Å². The molecule has 1 saturated carbocycles. The molecule has 0 amide bonds. The van der Waals surface area contributed by atoms with Crippen molar-refractivity contribution in [3.8, 4) is 0 Å². The van der Waals surface area contributed by atoms with Crippen LogP contribution in [0.15, 0.2) is 0 Å². The highest BCUT2D eigenvalue weighted by Gasteiger charge is 2.42. The quantitative estimate of drug-likeness (QED) is 0.758. The Morgan fingerprint density at radius 1 is 1.53 bits per heavy atom. The van der Waals surface area contributed by atoms with Crippen molar-refractivity contribution in [1.82, 2.24) is 15.8 Å². The lowest BCUT2D eigenvalue weighted by molar-refractivity contribution is 0.133. The number of hydrogen-bond acceptors (Lipinski definition) is 2. The predicted octanol–water partition coefficient (Wildman–Crippen LogP) is 2.63. The highest BCUT2D eigenvalue weighted by atomic mass is 32.1. The van der Waals surface area contributed by atoms with Crippen LogP contribution in [0, 0.1) is 11.8 Å². The topological polar surface area (TPSA) is 27.3 Å². The molecule has 0 aromatic carbocycles. The van der Waals surface area contributed by atoms with Gasteiger partial charge in [-0.1, -0.05) is 27.2 Å². The van der Waals surface area contributed by atoms with Crippen molar-refractivity contribution in [2.75, 3.05) is 6.54 Å². The van der Waals surface area contributed by atoms with Crippen molar-refractivity contribution in [3.05, 3.63) is 0 Å². The van der Waals surface area contributed by atoms with Gasteiger partial charge < -0.3 is 5.32 Å². The monoisotopic (exact) mass is 255 g/mol.